The third kappa shape index (κ3) is 6.75. The Morgan fingerprint density at radius 1 is 0.909 bits per heavy atom. The molecule has 0 saturated carbocycles. The highest BCUT2D eigenvalue weighted by Gasteiger charge is 2.07. The topological polar surface area (TPSA) is 20.3 Å². The number of hydrogen-bond donors (Lipinski definition) is 0. The van der Waals surface area contributed by atoms with E-state index in [1.165, 1.54) is 19.3 Å². The summed E-state index contributed by atoms with van der Waals surface area (Å²) in [6, 6.07) is 13.8. The Balaban J connectivity index is 0.000000540. The number of rotatable bonds is 3. The van der Waals surface area contributed by atoms with Gasteiger partial charge in [0, 0.05) is 19.7 Å². The van der Waals surface area contributed by atoms with Crippen molar-refractivity contribution in [3.63, 3.8) is 0 Å². The predicted octanol–water partition coefficient (Wildman–Crippen LogP) is 5.76. The molecule has 0 unspecified atom stereocenters. The lowest BCUT2D eigenvalue weighted by molar-refractivity contribution is 0.0828. The van der Waals surface area contributed by atoms with Crippen LogP contribution in [0.25, 0.3) is 10.8 Å². The highest BCUT2D eigenvalue weighted by molar-refractivity contribution is 5.98. The lowest BCUT2D eigenvalue weighted by Crippen LogP contribution is -2.21. The van der Waals surface area contributed by atoms with Crippen molar-refractivity contribution in [3.05, 3.63) is 48.0 Å². The van der Waals surface area contributed by atoms with Gasteiger partial charge in [0.2, 0.25) is 0 Å². The molecular formula is C20H31NO. The normalized spacial score (nSPS) is 9.18. The van der Waals surface area contributed by atoms with Crippen LogP contribution in [-0.2, 0) is 0 Å². The minimum Gasteiger partial charge on any atom is -0.345 e. The molecule has 2 aromatic carbocycles. The molecule has 0 aromatic heterocycles. The van der Waals surface area contributed by atoms with Gasteiger partial charge in [0.1, 0.15) is 0 Å². The molecule has 2 aromatic rings. The van der Waals surface area contributed by atoms with Gasteiger partial charge in [0.15, 0.2) is 0 Å². The summed E-state index contributed by atoms with van der Waals surface area (Å²) in [6.45, 7) is 8.42. The van der Waals surface area contributed by atoms with Crippen molar-refractivity contribution < 1.29 is 4.79 Å². The smallest absolute Gasteiger partial charge is 0.253 e. The molecule has 122 valence electrons. The van der Waals surface area contributed by atoms with Gasteiger partial charge in [-0.3, -0.25) is 4.79 Å². The fraction of sp³-hybridized carbons (Fsp3) is 0.450. The quantitative estimate of drug-likeness (QED) is 0.705. The molecular weight excluding hydrogens is 270 g/mol. The molecule has 22 heavy (non-hydrogen) atoms. The Hall–Kier alpha value is -1.83. The van der Waals surface area contributed by atoms with Gasteiger partial charge < -0.3 is 4.90 Å². The Kier molecular flexibility index (Phi) is 10.8. The summed E-state index contributed by atoms with van der Waals surface area (Å²) in [6.07, 6.45) is 4.08. The molecule has 0 aliphatic carbocycles. The monoisotopic (exact) mass is 301 g/mol. The van der Waals surface area contributed by atoms with Gasteiger partial charge in [-0.25, -0.2) is 0 Å². The van der Waals surface area contributed by atoms with Gasteiger partial charge in [-0.15, -0.1) is 0 Å². The first-order valence-corrected chi connectivity index (χ1v) is 8.30. The summed E-state index contributed by atoms with van der Waals surface area (Å²) in [4.78, 5) is 13.3. The van der Waals surface area contributed by atoms with E-state index in [0.717, 1.165) is 16.3 Å². The molecule has 0 aliphatic heterocycles. The van der Waals surface area contributed by atoms with Crippen LogP contribution in [0.5, 0.6) is 0 Å². The zero-order chi connectivity index (χ0) is 17.0. The standard InChI is InChI=1S/C13H13NO.C5H12.C2H6/c1-14(2)13(15)12-8-7-10-5-3-4-6-11(10)9-12;1-3-5-4-2;1-2/h3-9H,1-2H3;3-5H2,1-2H3;1-2H3. The first-order chi connectivity index (χ1) is 10.6. The summed E-state index contributed by atoms with van der Waals surface area (Å²) >= 11 is 0. The number of amides is 1. The van der Waals surface area contributed by atoms with Crippen molar-refractivity contribution >= 4 is 16.7 Å². The summed E-state index contributed by atoms with van der Waals surface area (Å²) in [7, 11) is 3.52. The number of carbonyl (C=O) groups is 1. The number of nitrogens with zero attached hydrogens (tertiary/aromatic N) is 1. The fourth-order valence-corrected chi connectivity index (χ4v) is 1.93. The average molecular weight is 301 g/mol. The van der Waals surface area contributed by atoms with Crippen molar-refractivity contribution in [1.29, 1.82) is 0 Å². The van der Waals surface area contributed by atoms with E-state index in [-0.39, 0.29) is 5.91 Å². The van der Waals surface area contributed by atoms with Gasteiger partial charge in [-0.2, -0.15) is 0 Å². The van der Waals surface area contributed by atoms with Crippen molar-refractivity contribution in [3.8, 4) is 0 Å². The number of unbranched alkanes of at least 4 members (excludes halogenated alkanes) is 2. The first-order valence-electron chi connectivity index (χ1n) is 8.30. The van der Waals surface area contributed by atoms with E-state index in [1.807, 2.05) is 56.3 Å². The van der Waals surface area contributed by atoms with Gasteiger partial charge in [0.25, 0.3) is 5.91 Å². The third-order valence-corrected chi connectivity index (χ3v) is 3.11. The second-order valence-corrected chi connectivity index (χ2v) is 5.12. The number of benzene rings is 2. The minimum absolute atomic E-state index is 0.0424. The van der Waals surface area contributed by atoms with E-state index in [0.29, 0.717) is 0 Å². The lowest BCUT2D eigenvalue weighted by Gasteiger charge is -2.10. The molecule has 0 heterocycles. The van der Waals surface area contributed by atoms with E-state index < -0.39 is 0 Å². The predicted molar refractivity (Wildman–Crippen MR) is 98.5 cm³/mol. The lowest BCUT2D eigenvalue weighted by atomic mass is 10.1. The van der Waals surface area contributed by atoms with Gasteiger partial charge in [-0.05, 0) is 22.9 Å². The van der Waals surface area contributed by atoms with Crippen LogP contribution < -0.4 is 0 Å². The Labute approximate surface area is 136 Å². The molecule has 2 rings (SSSR count). The van der Waals surface area contributed by atoms with Crippen molar-refractivity contribution in [2.45, 2.75) is 47.0 Å². The second-order valence-electron chi connectivity index (χ2n) is 5.12. The van der Waals surface area contributed by atoms with Crippen molar-refractivity contribution in [2.75, 3.05) is 14.1 Å². The molecule has 2 nitrogen and oxygen atoms in total. The Morgan fingerprint density at radius 2 is 1.45 bits per heavy atom. The van der Waals surface area contributed by atoms with Gasteiger partial charge in [-0.1, -0.05) is 77.3 Å². The van der Waals surface area contributed by atoms with E-state index in [9.17, 15) is 4.79 Å². The molecule has 0 bridgehead atoms. The van der Waals surface area contributed by atoms with Gasteiger partial charge >= 0.3 is 0 Å². The molecule has 0 spiro atoms. The van der Waals surface area contributed by atoms with Crippen molar-refractivity contribution in [2.24, 2.45) is 0 Å². The number of hydrogen-bond acceptors (Lipinski definition) is 1. The van der Waals surface area contributed by atoms with E-state index in [1.54, 1.807) is 19.0 Å². The molecule has 0 fully saturated rings. The zero-order valence-electron chi connectivity index (χ0n) is 15.0. The maximum absolute atomic E-state index is 11.7. The van der Waals surface area contributed by atoms with E-state index in [4.69, 9.17) is 0 Å². The SMILES string of the molecule is CC.CCCCC.CN(C)C(=O)c1ccc2ccccc2c1. The van der Waals surface area contributed by atoms with E-state index >= 15 is 0 Å². The molecule has 2 heteroatoms. The van der Waals surface area contributed by atoms with Gasteiger partial charge in [0.05, 0.1) is 0 Å². The first kappa shape index (κ1) is 20.2. The molecule has 0 radical (unpaired) electrons. The van der Waals surface area contributed by atoms with E-state index in [2.05, 4.69) is 13.8 Å². The highest BCUT2D eigenvalue weighted by atomic mass is 16.2. The largest absolute Gasteiger partial charge is 0.345 e. The summed E-state index contributed by atoms with van der Waals surface area (Å²) in [5.74, 6) is 0.0424. The molecule has 0 atom stereocenters. The Morgan fingerprint density at radius 3 is 1.91 bits per heavy atom. The second kappa shape index (κ2) is 11.8. The van der Waals surface area contributed by atoms with Crippen LogP contribution in [0.1, 0.15) is 57.3 Å². The molecule has 0 aliphatic rings. The van der Waals surface area contributed by atoms with Crippen LogP contribution in [0, 0.1) is 0 Å². The van der Waals surface area contributed by atoms with Crippen LogP contribution in [0.3, 0.4) is 0 Å². The van der Waals surface area contributed by atoms with Crippen LogP contribution in [0.2, 0.25) is 0 Å². The Bertz CT molecular complexity index is 544. The average Bonchev–Trinajstić information content (AvgIpc) is 2.57. The summed E-state index contributed by atoms with van der Waals surface area (Å²) in [5.41, 5.74) is 0.735. The summed E-state index contributed by atoms with van der Waals surface area (Å²) < 4.78 is 0. The highest BCUT2D eigenvalue weighted by Crippen LogP contribution is 2.16. The maximum atomic E-state index is 11.7. The van der Waals surface area contributed by atoms with Crippen molar-refractivity contribution in [1.82, 2.24) is 4.90 Å². The fourth-order valence-electron chi connectivity index (χ4n) is 1.93. The number of carbonyl (C=O) groups excluding carboxylic acids is 1. The van der Waals surface area contributed by atoms with Crippen LogP contribution >= 0.6 is 0 Å². The van der Waals surface area contributed by atoms with Crippen LogP contribution in [0.15, 0.2) is 42.5 Å². The summed E-state index contributed by atoms with van der Waals surface area (Å²) in [5, 5.41) is 2.26. The van der Waals surface area contributed by atoms with Crippen LogP contribution in [-0.4, -0.2) is 24.9 Å². The number of fused-ring (bicyclic) bond motifs is 1. The van der Waals surface area contributed by atoms with Crippen LogP contribution in [0.4, 0.5) is 0 Å². The molecule has 0 N–H and O–H groups in total. The third-order valence-electron chi connectivity index (χ3n) is 3.11. The minimum atomic E-state index is 0.0424. The molecule has 1 amide bonds. The zero-order valence-corrected chi connectivity index (χ0v) is 15.0. The molecule has 0 saturated heterocycles. The maximum Gasteiger partial charge on any atom is 0.253 e.